The maximum atomic E-state index is 13.4. The Labute approximate surface area is 216 Å². The number of allylic oxidation sites excluding steroid dienone is 1. The summed E-state index contributed by atoms with van der Waals surface area (Å²) in [5, 5.41) is 10.9. The van der Waals surface area contributed by atoms with Crippen LogP contribution in [0.25, 0.3) is 6.08 Å². The van der Waals surface area contributed by atoms with Gasteiger partial charge in [0.1, 0.15) is 0 Å². The Bertz CT molecular complexity index is 1300. The highest BCUT2D eigenvalue weighted by Crippen LogP contribution is 2.42. The smallest absolute Gasteiger partial charge is 0.290 e. The quantitative estimate of drug-likeness (QED) is 0.354. The van der Waals surface area contributed by atoms with Gasteiger partial charge in [-0.2, -0.15) is 0 Å². The predicted molar refractivity (Wildman–Crippen MR) is 141 cm³/mol. The molecule has 4 rings (SSSR count). The van der Waals surface area contributed by atoms with Crippen molar-refractivity contribution in [1.82, 2.24) is 9.88 Å². The van der Waals surface area contributed by atoms with Gasteiger partial charge in [-0.15, -0.1) is 0 Å². The lowest BCUT2D eigenvalue weighted by Gasteiger charge is -2.27. The van der Waals surface area contributed by atoms with Crippen LogP contribution in [0.4, 0.5) is 0 Å². The van der Waals surface area contributed by atoms with Gasteiger partial charge in [-0.25, -0.2) is 0 Å². The number of hydrogen-bond acceptors (Lipinski definition) is 6. The van der Waals surface area contributed by atoms with E-state index in [9.17, 15) is 14.7 Å². The first-order valence-corrected chi connectivity index (χ1v) is 12.3. The lowest BCUT2D eigenvalue weighted by molar-refractivity contribution is -0.130. The number of ketones is 1. The minimum Gasteiger partial charge on any atom is -0.503 e. The molecular formula is C30H30N2O5. The molecule has 1 aromatic heterocycles. The van der Waals surface area contributed by atoms with Crippen molar-refractivity contribution in [2.45, 2.75) is 32.9 Å². The Kier molecular flexibility index (Phi) is 8.36. The van der Waals surface area contributed by atoms with Crippen LogP contribution in [0.15, 0.2) is 90.5 Å². The van der Waals surface area contributed by atoms with E-state index in [4.69, 9.17) is 9.47 Å². The van der Waals surface area contributed by atoms with Crippen LogP contribution in [0, 0.1) is 0 Å². The maximum Gasteiger partial charge on any atom is 0.290 e. The van der Waals surface area contributed by atoms with Gasteiger partial charge in [0, 0.05) is 18.9 Å². The van der Waals surface area contributed by atoms with Gasteiger partial charge in [-0.05, 0) is 54.3 Å². The van der Waals surface area contributed by atoms with Crippen LogP contribution in [0.3, 0.4) is 0 Å². The van der Waals surface area contributed by atoms with Crippen LogP contribution in [-0.4, -0.2) is 39.9 Å². The molecule has 190 valence electrons. The van der Waals surface area contributed by atoms with E-state index >= 15 is 0 Å². The summed E-state index contributed by atoms with van der Waals surface area (Å²) in [4.78, 5) is 32.3. The highest BCUT2D eigenvalue weighted by atomic mass is 16.5. The van der Waals surface area contributed by atoms with Gasteiger partial charge in [0.05, 0.1) is 24.8 Å². The zero-order chi connectivity index (χ0) is 26.2. The summed E-state index contributed by atoms with van der Waals surface area (Å²) in [7, 11) is 0. The van der Waals surface area contributed by atoms with E-state index in [1.54, 1.807) is 42.7 Å². The zero-order valence-electron chi connectivity index (χ0n) is 21.0. The molecule has 0 fully saturated rings. The van der Waals surface area contributed by atoms with Crippen LogP contribution >= 0.6 is 0 Å². The fourth-order valence-corrected chi connectivity index (χ4v) is 4.22. The highest BCUT2D eigenvalue weighted by molar-refractivity contribution is 6.14. The van der Waals surface area contributed by atoms with Gasteiger partial charge >= 0.3 is 0 Å². The number of benzene rings is 2. The summed E-state index contributed by atoms with van der Waals surface area (Å²) < 4.78 is 11.7. The Hall–Kier alpha value is -4.39. The first-order valence-electron chi connectivity index (χ1n) is 12.3. The maximum absolute atomic E-state index is 13.4. The van der Waals surface area contributed by atoms with Gasteiger partial charge < -0.3 is 19.5 Å². The van der Waals surface area contributed by atoms with Crippen LogP contribution < -0.4 is 9.47 Å². The van der Waals surface area contributed by atoms with Crippen molar-refractivity contribution in [2.24, 2.45) is 0 Å². The van der Waals surface area contributed by atoms with Crippen LogP contribution in [0.2, 0.25) is 0 Å². The molecule has 1 unspecified atom stereocenters. The second-order valence-electron chi connectivity index (χ2n) is 8.56. The molecule has 37 heavy (non-hydrogen) atoms. The number of ether oxygens (including phenoxy) is 2. The average molecular weight is 499 g/mol. The third-order valence-corrected chi connectivity index (χ3v) is 5.92. The minimum absolute atomic E-state index is 0.0192. The van der Waals surface area contributed by atoms with Crippen molar-refractivity contribution >= 4 is 17.8 Å². The van der Waals surface area contributed by atoms with E-state index < -0.39 is 23.5 Å². The second kappa shape index (κ2) is 12.0. The number of nitrogens with zero attached hydrogens (tertiary/aromatic N) is 2. The summed E-state index contributed by atoms with van der Waals surface area (Å²) in [6, 6.07) is 17.5. The Morgan fingerprint density at radius 3 is 2.57 bits per heavy atom. The molecule has 0 saturated carbocycles. The van der Waals surface area contributed by atoms with Crippen molar-refractivity contribution < 1.29 is 24.2 Å². The number of pyridine rings is 1. The summed E-state index contributed by atoms with van der Waals surface area (Å²) in [5.41, 5.74) is 2.26. The minimum atomic E-state index is -0.819. The van der Waals surface area contributed by atoms with Gasteiger partial charge in [0.15, 0.2) is 23.0 Å². The van der Waals surface area contributed by atoms with E-state index in [1.165, 1.54) is 11.0 Å². The molecule has 0 spiro atoms. The third-order valence-electron chi connectivity index (χ3n) is 5.92. The van der Waals surface area contributed by atoms with E-state index in [-0.39, 0.29) is 12.1 Å². The van der Waals surface area contributed by atoms with Gasteiger partial charge in [-0.1, -0.05) is 55.5 Å². The summed E-state index contributed by atoms with van der Waals surface area (Å²) >= 11 is 0. The Morgan fingerprint density at radius 2 is 1.86 bits per heavy atom. The number of carbonyl (C=O) groups excluding carboxylic acids is 2. The molecule has 1 N–H and O–H groups in total. The molecule has 0 bridgehead atoms. The molecule has 1 amide bonds. The van der Waals surface area contributed by atoms with Crippen molar-refractivity contribution in [3.63, 3.8) is 0 Å². The van der Waals surface area contributed by atoms with Gasteiger partial charge in [0.25, 0.3) is 5.91 Å². The lowest BCUT2D eigenvalue weighted by atomic mass is 9.95. The molecule has 0 radical (unpaired) electrons. The summed E-state index contributed by atoms with van der Waals surface area (Å²) in [6.07, 6.45) is 7.20. The molecule has 7 nitrogen and oxygen atoms in total. The lowest BCUT2D eigenvalue weighted by Crippen LogP contribution is -2.30. The molecular weight excluding hydrogens is 468 g/mol. The van der Waals surface area contributed by atoms with E-state index in [2.05, 4.69) is 4.98 Å². The number of carbonyl (C=O) groups is 2. The van der Waals surface area contributed by atoms with Gasteiger partial charge in [-0.3, -0.25) is 14.6 Å². The molecule has 1 aliphatic heterocycles. The number of amides is 1. The van der Waals surface area contributed by atoms with E-state index in [0.717, 1.165) is 17.5 Å². The van der Waals surface area contributed by atoms with Crippen LogP contribution in [0.5, 0.6) is 11.5 Å². The monoisotopic (exact) mass is 498 g/mol. The highest BCUT2D eigenvalue weighted by Gasteiger charge is 2.43. The number of rotatable bonds is 11. The molecule has 1 aliphatic rings. The fourth-order valence-electron chi connectivity index (χ4n) is 4.22. The molecule has 1 atom stereocenters. The second-order valence-corrected chi connectivity index (χ2v) is 8.56. The summed E-state index contributed by atoms with van der Waals surface area (Å²) in [6.45, 7) is 5.01. The van der Waals surface area contributed by atoms with Crippen molar-refractivity contribution in [1.29, 1.82) is 0 Å². The number of aromatic nitrogens is 1. The van der Waals surface area contributed by atoms with Gasteiger partial charge in [0.2, 0.25) is 0 Å². The van der Waals surface area contributed by atoms with E-state index in [1.807, 2.05) is 50.2 Å². The Balaban J connectivity index is 1.76. The van der Waals surface area contributed by atoms with E-state index in [0.29, 0.717) is 30.3 Å². The third kappa shape index (κ3) is 5.89. The van der Waals surface area contributed by atoms with Crippen molar-refractivity contribution in [2.75, 3.05) is 13.2 Å². The van der Waals surface area contributed by atoms with Crippen molar-refractivity contribution in [3.8, 4) is 11.5 Å². The predicted octanol–water partition coefficient (Wildman–Crippen LogP) is 5.45. The number of aliphatic hydroxyl groups excluding tert-OH is 1. The average Bonchev–Trinajstić information content (AvgIpc) is 3.17. The molecule has 0 saturated heterocycles. The molecule has 2 aromatic carbocycles. The fraction of sp³-hybridized carbons (Fsp3) is 0.233. The van der Waals surface area contributed by atoms with Crippen LogP contribution in [-0.2, 0) is 16.1 Å². The summed E-state index contributed by atoms with van der Waals surface area (Å²) in [5.74, 6) is -0.519. The molecule has 3 aromatic rings. The zero-order valence-corrected chi connectivity index (χ0v) is 21.0. The van der Waals surface area contributed by atoms with Crippen molar-refractivity contribution in [3.05, 3.63) is 107 Å². The van der Waals surface area contributed by atoms with Crippen LogP contribution in [0.1, 0.15) is 43.0 Å². The SMILES string of the molecule is CCCOc1ccc(C2C(C(=O)C=Cc3ccccc3)=C(O)C(=O)N2Cc2cccnc2)cc1OCC. The Morgan fingerprint density at radius 1 is 1.05 bits per heavy atom. The first kappa shape index (κ1) is 25.7. The number of aliphatic hydroxyl groups is 1. The topological polar surface area (TPSA) is 89.0 Å². The molecule has 7 heteroatoms. The number of hydrogen-bond donors (Lipinski definition) is 1. The standard InChI is InChI=1S/C30H30N2O5/c1-3-17-37-25-15-13-23(18-26(25)36-4-2)28-27(24(33)14-12-21-9-6-5-7-10-21)29(34)30(35)32(28)20-22-11-8-16-31-19-22/h5-16,18-19,28,34H,3-4,17,20H2,1-2H3. The molecule has 2 heterocycles. The first-order chi connectivity index (χ1) is 18.0. The normalized spacial score (nSPS) is 15.5. The molecule has 0 aliphatic carbocycles. The largest absolute Gasteiger partial charge is 0.503 e.